The first kappa shape index (κ1) is 19.2. The van der Waals surface area contributed by atoms with Gasteiger partial charge in [0.05, 0.1) is 0 Å². The van der Waals surface area contributed by atoms with Crippen LogP contribution >= 0.6 is 0 Å². The molecular formula is C25H32. The molecule has 0 saturated carbocycles. The lowest BCUT2D eigenvalue weighted by Gasteiger charge is -2.28. The second-order valence-corrected chi connectivity index (χ2v) is 7.01. The van der Waals surface area contributed by atoms with E-state index in [1.54, 1.807) is 0 Å². The molecule has 0 aliphatic carbocycles. The summed E-state index contributed by atoms with van der Waals surface area (Å²) in [6, 6.07) is 21.8. The van der Waals surface area contributed by atoms with Crippen molar-refractivity contribution in [1.29, 1.82) is 0 Å². The highest BCUT2D eigenvalue weighted by molar-refractivity contribution is 5.32. The van der Waals surface area contributed by atoms with Gasteiger partial charge in [0.25, 0.3) is 0 Å². The maximum absolute atomic E-state index is 4.10. The van der Waals surface area contributed by atoms with Crippen LogP contribution in [-0.2, 0) is 0 Å². The summed E-state index contributed by atoms with van der Waals surface area (Å²) in [7, 11) is 0. The molecule has 25 heavy (non-hydrogen) atoms. The van der Waals surface area contributed by atoms with Gasteiger partial charge in [0.2, 0.25) is 0 Å². The van der Waals surface area contributed by atoms with Crippen LogP contribution in [0, 0.1) is 5.41 Å². The Morgan fingerprint density at radius 2 is 1.28 bits per heavy atom. The normalized spacial score (nSPS) is 11.4. The van der Waals surface area contributed by atoms with Gasteiger partial charge in [-0.3, -0.25) is 0 Å². The van der Waals surface area contributed by atoms with Crippen LogP contribution in [-0.4, -0.2) is 0 Å². The van der Waals surface area contributed by atoms with Gasteiger partial charge in [-0.05, 0) is 30.4 Å². The number of benzene rings is 2. The molecular weight excluding hydrogens is 300 g/mol. The molecule has 0 heterocycles. The van der Waals surface area contributed by atoms with Gasteiger partial charge in [-0.15, -0.1) is 13.2 Å². The summed E-state index contributed by atoms with van der Waals surface area (Å²) < 4.78 is 0. The van der Waals surface area contributed by atoms with Crippen molar-refractivity contribution in [1.82, 2.24) is 0 Å². The molecule has 0 aliphatic heterocycles. The first-order valence-electron chi connectivity index (χ1n) is 9.62. The third kappa shape index (κ3) is 5.46. The number of hydrogen-bond donors (Lipinski definition) is 0. The highest BCUT2D eigenvalue weighted by Gasteiger charge is 2.23. The van der Waals surface area contributed by atoms with Crippen LogP contribution in [0.15, 0.2) is 86.0 Å². The van der Waals surface area contributed by atoms with Crippen LogP contribution in [0.5, 0.6) is 0 Å². The molecule has 2 aromatic rings. The van der Waals surface area contributed by atoms with Gasteiger partial charge in [0.15, 0.2) is 0 Å². The predicted octanol–water partition coefficient (Wildman–Crippen LogP) is 7.54. The van der Waals surface area contributed by atoms with E-state index < -0.39 is 0 Å². The highest BCUT2D eigenvalue weighted by Crippen LogP contribution is 2.36. The van der Waals surface area contributed by atoms with Gasteiger partial charge in [-0.25, -0.2) is 0 Å². The molecule has 0 spiro atoms. The van der Waals surface area contributed by atoms with E-state index in [1.807, 2.05) is 0 Å². The molecule has 0 radical (unpaired) electrons. The monoisotopic (exact) mass is 332 g/mol. The van der Waals surface area contributed by atoms with E-state index in [4.69, 9.17) is 0 Å². The van der Waals surface area contributed by atoms with Gasteiger partial charge >= 0.3 is 0 Å². The molecule has 0 heteroatoms. The molecule has 0 nitrogen and oxygen atoms in total. The number of hydrogen-bond acceptors (Lipinski definition) is 0. The van der Waals surface area contributed by atoms with E-state index in [1.165, 1.54) is 30.4 Å². The molecule has 0 fully saturated rings. The lowest BCUT2D eigenvalue weighted by atomic mass is 9.77. The van der Waals surface area contributed by atoms with Gasteiger partial charge in [0.1, 0.15) is 0 Å². The first-order valence-corrected chi connectivity index (χ1v) is 9.62. The SMILES string of the molecule is C=CC(C=C)(CCCC)CCCC(c1ccccc1)c1ccccc1. The Labute approximate surface area is 154 Å². The third-order valence-corrected chi connectivity index (χ3v) is 5.35. The Bertz CT molecular complexity index is 576. The lowest BCUT2D eigenvalue weighted by molar-refractivity contribution is 0.379. The van der Waals surface area contributed by atoms with E-state index in [0.717, 1.165) is 19.3 Å². The van der Waals surface area contributed by atoms with Crippen molar-refractivity contribution < 1.29 is 0 Å². The third-order valence-electron chi connectivity index (χ3n) is 5.35. The largest absolute Gasteiger partial charge is 0.102 e. The molecule has 2 aromatic carbocycles. The van der Waals surface area contributed by atoms with Gasteiger partial charge in [-0.2, -0.15) is 0 Å². The fourth-order valence-corrected chi connectivity index (χ4v) is 3.65. The summed E-state index contributed by atoms with van der Waals surface area (Å²) in [6.07, 6.45) is 11.3. The second kappa shape index (κ2) is 10.0. The summed E-state index contributed by atoms with van der Waals surface area (Å²) in [5, 5.41) is 0. The molecule has 0 unspecified atom stereocenters. The van der Waals surface area contributed by atoms with Crippen LogP contribution in [0.1, 0.15) is 62.5 Å². The van der Waals surface area contributed by atoms with Crippen LogP contribution in [0.2, 0.25) is 0 Å². The standard InChI is InChI=1S/C25H32/c1-4-7-20-25(5-2,6-3)21-14-19-24(22-15-10-8-11-16-22)23-17-12-9-13-18-23/h5-6,8-13,15-18,24H,2-4,7,14,19-21H2,1H3. The van der Waals surface area contributed by atoms with E-state index >= 15 is 0 Å². The van der Waals surface area contributed by atoms with Gasteiger partial charge < -0.3 is 0 Å². The van der Waals surface area contributed by atoms with Crippen molar-refractivity contribution in [3.8, 4) is 0 Å². The maximum atomic E-state index is 4.10. The van der Waals surface area contributed by atoms with E-state index in [2.05, 4.69) is 92.9 Å². The quantitative estimate of drug-likeness (QED) is 0.373. The molecule has 2 rings (SSSR count). The smallest absolute Gasteiger partial charge is 0.00893 e. The molecule has 0 atom stereocenters. The zero-order chi connectivity index (χ0) is 18.0. The number of rotatable bonds is 11. The minimum absolute atomic E-state index is 0.0912. The Balaban J connectivity index is 2.10. The fraction of sp³-hybridized carbons (Fsp3) is 0.360. The zero-order valence-electron chi connectivity index (χ0n) is 15.7. The van der Waals surface area contributed by atoms with Crippen molar-refractivity contribution in [3.63, 3.8) is 0 Å². The second-order valence-electron chi connectivity index (χ2n) is 7.01. The van der Waals surface area contributed by atoms with Crippen molar-refractivity contribution in [3.05, 3.63) is 97.1 Å². The lowest BCUT2D eigenvalue weighted by Crippen LogP contribution is -2.15. The van der Waals surface area contributed by atoms with Gasteiger partial charge in [0, 0.05) is 11.3 Å². The first-order chi connectivity index (χ1) is 12.2. The summed E-state index contributed by atoms with van der Waals surface area (Å²) >= 11 is 0. The summed E-state index contributed by atoms with van der Waals surface area (Å²) in [5.41, 5.74) is 2.91. The Morgan fingerprint density at radius 3 is 1.72 bits per heavy atom. The Morgan fingerprint density at radius 1 is 0.800 bits per heavy atom. The molecule has 0 amide bonds. The highest BCUT2D eigenvalue weighted by atomic mass is 14.3. The van der Waals surface area contributed by atoms with E-state index in [9.17, 15) is 0 Å². The molecule has 0 aliphatic rings. The van der Waals surface area contributed by atoms with Gasteiger partial charge in [-0.1, -0.05) is 99.0 Å². The molecule has 0 aromatic heterocycles. The molecule has 0 bridgehead atoms. The van der Waals surface area contributed by atoms with Crippen molar-refractivity contribution >= 4 is 0 Å². The van der Waals surface area contributed by atoms with Crippen LogP contribution in [0.4, 0.5) is 0 Å². The minimum Gasteiger partial charge on any atom is -0.102 e. The van der Waals surface area contributed by atoms with Crippen LogP contribution in [0.25, 0.3) is 0 Å². The average Bonchev–Trinajstić information content (AvgIpc) is 2.69. The fourth-order valence-electron chi connectivity index (χ4n) is 3.65. The topological polar surface area (TPSA) is 0 Å². The number of allylic oxidation sites excluding steroid dienone is 2. The predicted molar refractivity (Wildman–Crippen MR) is 111 cm³/mol. The van der Waals surface area contributed by atoms with Crippen LogP contribution in [0.3, 0.4) is 0 Å². The average molecular weight is 333 g/mol. The maximum Gasteiger partial charge on any atom is 0.00893 e. The summed E-state index contributed by atoms with van der Waals surface area (Å²) in [6.45, 7) is 10.4. The zero-order valence-corrected chi connectivity index (χ0v) is 15.7. The Kier molecular flexibility index (Phi) is 7.73. The van der Waals surface area contributed by atoms with Crippen molar-refractivity contribution in [2.24, 2.45) is 5.41 Å². The minimum atomic E-state index is 0.0912. The van der Waals surface area contributed by atoms with Crippen molar-refractivity contribution in [2.45, 2.75) is 51.4 Å². The summed E-state index contributed by atoms with van der Waals surface area (Å²) in [5.74, 6) is 0.459. The number of unbranched alkanes of at least 4 members (excludes halogenated alkanes) is 1. The van der Waals surface area contributed by atoms with E-state index in [-0.39, 0.29) is 5.41 Å². The van der Waals surface area contributed by atoms with Crippen molar-refractivity contribution in [2.75, 3.05) is 0 Å². The Hall–Kier alpha value is -2.08. The van der Waals surface area contributed by atoms with E-state index in [0.29, 0.717) is 5.92 Å². The molecule has 132 valence electrons. The van der Waals surface area contributed by atoms with Crippen LogP contribution < -0.4 is 0 Å². The molecule has 0 N–H and O–H groups in total. The summed E-state index contributed by atoms with van der Waals surface area (Å²) in [4.78, 5) is 0. The molecule has 0 saturated heterocycles.